The Morgan fingerprint density at radius 3 is 2.71 bits per heavy atom. The van der Waals surface area contributed by atoms with Gasteiger partial charge >= 0.3 is 5.97 Å². The maximum Gasteiger partial charge on any atom is 0.321 e. The molecule has 0 saturated carbocycles. The number of ether oxygens (including phenoxy) is 1. The molecule has 0 unspecified atom stereocenters. The van der Waals surface area contributed by atoms with Gasteiger partial charge in [0, 0.05) is 0 Å². The Morgan fingerprint density at radius 2 is 2.57 bits per heavy atom. The van der Waals surface area contributed by atoms with Crippen molar-refractivity contribution in [1.29, 1.82) is 0 Å². The fourth-order valence-electron chi connectivity index (χ4n) is 0.494. The van der Waals surface area contributed by atoms with Gasteiger partial charge in [0.05, 0.1) is 6.54 Å². The molecule has 3 nitrogen and oxygen atoms in total. The molecule has 0 aromatic carbocycles. The summed E-state index contributed by atoms with van der Waals surface area (Å²) in [4.78, 5) is 12.0. The zero-order valence-corrected chi connectivity index (χ0v) is 4.18. The number of likely N-dealkylation sites (N-methyl/N-ethyl adjacent to an activating group) is 1. The molecule has 0 aromatic rings. The van der Waals surface area contributed by atoms with Gasteiger partial charge in [-0.25, -0.2) is 0 Å². The van der Waals surface area contributed by atoms with E-state index in [4.69, 9.17) is 0 Å². The van der Waals surface area contributed by atoms with Crippen LogP contribution in [0.5, 0.6) is 0 Å². The highest BCUT2D eigenvalue weighted by Crippen LogP contribution is 1.94. The van der Waals surface area contributed by atoms with Crippen LogP contribution in [-0.4, -0.2) is 31.2 Å². The summed E-state index contributed by atoms with van der Waals surface area (Å²) in [5.41, 5.74) is 0. The van der Waals surface area contributed by atoms with Gasteiger partial charge in [-0.05, 0) is 7.05 Å². The van der Waals surface area contributed by atoms with Gasteiger partial charge in [0.15, 0.2) is 0 Å². The minimum Gasteiger partial charge on any atom is -0.449 e. The number of hydrogen-bond acceptors (Lipinski definition) is 3. The molecule has 0 amide bonds. The zero-order valence-electron chi connectivity index (χ0n) is 4.18. The zero-order chi connectivity index (χ0) is 5.28. The Bertz CT molecular complexity index is 91.7. The Labute approximate surface area is 41.9 Å². The van der Waals surface area contributed by atoms with Crippen molar-refractivity contribution >= 4 is 5.97 Å². The number of esters is 1. The van der Waals surface area contributed by atoms with Gasteiger partial charge in [-0.3, -0.25) is 9.69 Å². The van der Waals surface area contributed by atoms with Gasteiger partial charge in [0.1, 0.15) is 6.73 Å². The van der Waals surface area contributed by atoms with Crippen molar-refractivity contribution in [2.75, 3.05) is 20.3 Å². The van der Waals surface area contributed by atoms with E-state index < -0.39 is 0 Å². The van der Waals surface area contributed by atoms with E-state index in [9.17, 15) is 4.79 Å². The second-order valence-corrected chi connectivity index (χ2v) is 1.66. The normalized spacial score (nSPS) is 22.7. The highest BCUT2D eigenvalue weighted by atomic mass is 16.6. The van der Waals surface area contributed by atoms with E-state index in [1.54, 1.807) is 0 Å². The Kier molecular flexibility index (Phi) is 0.982. The van der Waals surface area contributed by atoms with Gasteiger partial charge in [-0.2, -0.15) is 0 Å². The molecule has 1 rings (SSSR count). The van der Waals surface area contributed by atoms with Crippen molar-refractivity contribution in [1.82, 2.24) is 4.90 Å². The second-order valence-electron chi connectivity index (χ2n) is 1.66. The monoisotopic (exact) mass is 101 g/mol. The van der Waals surface area contributed by atoms with Crippen LogP contribution in [0, 0.1) is 0 Å². The van der Waals surface area contributed by atoms with E-state index in [-0.39, 0.29) is 5.97 Å². The molecule has 1 fully saturated rings. The standard InChI is InChI=1S/C4H7NO2/c1-5-2-4(6)7-3-5/h2-3H2,1H3. The van der Waals surface area contributed by atoms with Crippen molar-refractivity contribution in [3.63, 3.8) is 0 Å². The van der Waals surface area contributed by atoms with Crippen LogP contribution in [0.3, 0.4) is 0 Å². The second kappa shape index (κ2) is 1.50. The summed E-state index contributed by atoms with van der Waals surface area (Å²) in [6.45, 7) is 0.902. The van der Waals surface area contributed by atoms with Gasteiger partial charge in [-0.1, -0.05) is 0 Å². The lowest BCUT2D eigenvalue weighted by Gasteiger charge is -1.96. The third-order valence-electron chi connectivity index (χ3n) is 0.845. The maximum atomic E-state index is 10.2. The number of nitrogens with zero attached hydrogens (tertiary/aromatic N) is 1. The molecule has 0 spiro atoms. The van der Waals surface area contributed by atoms with E-state index >= 15 is 0 Å². The Hall–Kier alpha value is -0.570. The lowest BCUT2D eigenvalue weighted by atomic mass is 10.6. The van der Waals surface area contributed by atoms with E-state index in [1.165, 1.54) is 0 Å². The quantitative estimate of drug-likeness (QED) is 0.383. The SMILES string of the molecule is CN1COC(=O)C1. The van der Waals surface area contributed by atoms with E-state index in [0.29, 0.717) is 13.3 Å². The van der Waals surface area contributed by atoms with Gasteiger partial charge in [0.2, 0.25) is 0 Å². The summed E-state index contributed by atoms with van der Waals surface area (Å²) in [7, 11) is 1.84. The predicted octanol–water partition coefficient (Wildman–Crippen LogP) is -0.568. The molecule has 1 aliphatic rings. The number of hydrogen-bond donors (Lipinski definition) is 0. The summed E-state index contributed by atoms with van der Waals surface area (Å²) >= 11 is 0. The minimum absolute atomic E-state index is 0.123. The molecule has 40 valence electrons. The van der Waals surface area contributed by atoms with Gasteiger partial charge in [-0.15, -0.1) is 0 Å². The number of carbonyl (C=O) groups is 1. The first-order valence-corrected chi connectivity index (χ1v) is 2.13. The first-order valence-electron chi connectivity index (χ1n) is 2.13. The molecular weight excluding hydrogens is 94.0 g/mol. The molecule has 7 heavy (non-hydrogen) atoms. The largest absolute Gasteiger partial charge is 0.449 e. The Morgan fingerprint density at radius 1 is 1.86 bits per heavy atom. The summed E-state index contributed by atoms with van der Waals surface area (Å²) in [6.07, 6.45) is 0. The molecule has 0 aromatic heterocycles. The number of cyclic esters (lactones) is 1. The van der Waals surface area contributed by atoms with Gasteiger partial charge in [0.25, 0.3) is 0 Å². The fraction of sp³-hybridized carbons (Fsp3) is 0.750. The summed E-state index contributed by atoms with van der Waals surface area (Å²) in [5, 5.41) is 0. The molecule has 0 N–H and O–H groups in total. The maximum absolute atomic E-state index is 10.2. The Balaban J connectivity index is 2.40. The van der Waals surface area contributed by atoms with Crippen LogP contribution in [0.15, 0.2) is 0 Å². The summed E-state index contributed by atoms with van der Waals surface area (Å²) in [5.74, 6) is -0.123. The van der Waals surface area contributed by atoms with E-state index in [0.717, 1.165) is 0 Å². The third kappa shape index (κ3) is 0.899. The third-order valence-corrected chi connectivity index (χ3v) is 0.845. The molecular formula is C4H7NO2. The van der Waals surface area contributed by atoms with Crippen LogP contribution in [0.4, 0.5) is 0 Å². The van der Waals surface area contributed by atoms with Crippen LogP contribution < -0.4 is 0 Å². The van der Waals surface area contributed by atoms with Crippen molar-refractivity contribution < 1.29 is 9.53 Å². The van der Waals surface area contributed by atoms with Crippen LogP contribution in [-0.2, 0) is 9.53 Å². The van der Waals surface area contributed by atoms with Crippen molar-refractivity contribution in [3.8, 4) is 0 Å². The van der Waals surface area contributed by atoms with E-state index in [2.05, 4.69) is 4.74 Å². The summed E-state index contributed by atoms with van der Waals surface area (Å²) < 4.78 is 4.55. The molecule has 1 saturated heterocycles. The lowest BCUT2D eigenvalue weighted by molar-refractivity contribution is -0.136. The predicted molar refractivity (Wildman–Crippen MR) is 23.6 cm³/mol. The topological polar surface area (TPSA) is 29.5 Å². The van der Waals surface area contributed by atoms with Crippen LogP contribution in [0.25, 0.3) is 0 Å². The molecule has 0 aliphatic carbocycles. The first-order chi connectivity index (χ1) is 3.29. The van der Waals surface area contributed by atoms with Gasteiger partial charge < -0.3 is 4.74 Å². The van der Waals surface area contributed by atoms with Crippen molar-refractivity contribution in [2.24, 2.45) is 0 Å². The molecule has 0 bridgehead atoms. The molecule has 1 aliphatic heterocycles. The minimum atomic E-state index is -0.123. The highest BCUT2D eigenvalue weighted by Gasteiger charge is 2.14. The molecule has 0 atom stereocenters. The number of carbonyl (C=O) groups excluding carboxylic acids is 1. The molecule has 0 radical (unpaired) electrons. The number of rotatable bonds is 0. The first kappa shape index (κ1) is 4.59. The average Bonchev–Trinajstić information content (AvgIpc) is 1.87. The molecule has 3 heteroatoms. The summed E-state index contributed by atoms with van der Waals surface area (Å²) in [6, 6.07) is 0. The van der Waals surface area contributed by atoms with Crippen molar-refractivity contribution in [2.45, 2.75) is 0 Å². The van der Waals surface area contributed by atoms with Crippen molar-refractivity contribution in [3.05, 3.63) is 0 Å². The lowest BCUT2D eigenvalue weighted by Crippen LogP contribution is -2.13. The van der Waals surface area contributed by atoms with Crippen LogP contribution >= 0.6 is 0 Å². The average molecular weight is 101 g/mol. The molecule has 1 heterocycles. The van der Waals surface area contributed by atoms with Crippen LogP contribution in [0.1, 0.15) is 0 Å². The smallest absolute Gasteiger partial charge is 0.321 e. The fourth-order valence-corrected chi connectivity index (χ4v) is 0.494. The highest BCUT2D eigenvalue weighted by molar-refractivity contribution is 5.72. The van der Waals surface area contributed by atoms with Crippen LogP contribution in [0.2, 0.25) is 0 Å². The van der Waals surface area contributed by atoms with E-state index in [1.807, 2.05) is 11.9 Å².